The summed E-state index contributed by atoms with van der Waals surface area (Å²) in [5.74, 6) is -0.655. The lowest BCUT2D eigenvalue weighted by Gasteiger charge is -2.21. The van der Waals surface area contributed by atoms with E-state index in [4.69, 9.17) is 16.3 Å². The van der Waals surface area contributed by atoms with Crippen LogP contribution < -0.4 is 4.90 Å². The third-order valence-electron chi connectivity index (χ3n) is 3.41. The summed E-state index contributed by atoms with van der Waals surface area (Å²) in [6.07, 6.45) is -0.715. The first-order chi connectivity index (χ1) is 9.99. The molecule has 0 atom stereocenters. The molecule has 0 unspecified atom stereocenters. The van der Waals surface area contributed by atoms with Gasteiger partial charge in [-0.15, -0.1) is 0 Å². The maximum Gasteiger partial charge on any atom is 0.422 e. The lowest BCUT2D eigenvalue weighted by Crippen LogP contribution is -2.23. The summed E-state index contributed by atoms with van der Waals surface area (Å²) in [5.41, 5.74) is 1.71. The minimum atomic E-state index is -0.715. The maximum atomic E-state index is 11.8. The molecule has 0 bridgehead atoms. The lowest BCUT2D eigenvalue weighted by molar-refractivity contribution is -0.122. The van der Waals surface area contributed by atoms with E-state index >= 15 is 0 Å². The highest BCUT2D eigenvalue weighted by atomic mass is 35.5. The molecule has 1 aliphatic heterocycles. The van der Waals surface area contributed by atoms with Crippen molar-refractivity contribution in [1.29, 1.82) is 0 Å². The van der Waals surface area contributed by atoms with Gasteiger partial charge in [-0.1, -0.05) is 23.7 Å². The zero-order valence-corrected chi connectivity index (χ0v) is 13.0. The molecule has 1 aromatic rings. The average Bonchev–Trinajstić information content (AvgIpc) is 2.76. The number of hydrogen-bond acceptors (Lipinski definition) is 4. The summed E-state index contributed by atoms with van der Waals surface area (Å²) in [5, 5.41) is 0.142. The van der Waals surface area contributed by atoms with Crippen LogP contribution in [0.1, 0.15) is 19.4 Å². The van der Waals surface area contributed by atoms with Gasteiger partial charge >= 0.3 is 6.09 Å². The highest BCUT2D eigenvalue weighted by Crippen LogP contribution is 2.30. The fourth-order valence-corrected chi connectivity index (χ4v) is 2.36. The lowest BCUT2D eigenvalue weighted by atomic mass is 10.1. The van der Waals surface area contributed by atoms with Crippen molar-refractivity contribution in [2.24, 2.45) is 0 Å². The van der Waals surface area contributed by atoms with E-state index < -0.39 is 12.0 Å². The van der Waals surface area contributed by atoms with Gasteiger partial charge in [-0.25, -0.2) is 9.69 Å². The molecule has 6 heteroatoms. The molecule has 0 saturated carbocycles. The van der Waals surface area contributed by atoms with Crippen LogP contribution in [0.2, 0.25) is 0 Å². The second-order valence-electron chi connectivity index (χ2n) is 4.59. The van der Waals surface area contributed by atoms with Crippen LogP contribution in [0.4, 0.5) is 10.5 Å². The number of likely N-dealkylation sites (N-methyl/N-ethyl adjacent to an activating group) is 1. The van der Waals surface area contributed by atoms with E-state index in [1.807, 2.05) is 24.3 Å². The summed E-state index contributed by atoms with van der Waals surface area (Å²) in [6, 6.07) is 7.47. The summed E-state index contributed by atoms with van der Waals surface area (Å²) in [6.45, 7) is 5.98. The highest BCUT2D eigenvalue weighted by Gasteiger charge is 2.35. The van der Waals surface area contributed by atoms with Gasteiger partial charge in [-0.05, 0) is 31.5 Å². The normalized spacial score (nSPS) is 17.0. The second kappa shape index (κ2) is 6.18. The first kappa shape index (κ1) is 15.4. The van der Waals surface area contributed by atoms with Gasteiger partial charge in [0, 0.05) is 25.8 Å². The van der Waals surface area contributed by atoms with E-state index in [1.165, 1.54) is 7.05 Å². The summed E-state index contributed by atoms with van der Waals surface area (Å²) in [7, 11) is 1.35. The summed E-state index contributed by atoms with van der Waals surface area (Å²) >= 11 is 6.18. The molecule has 1 aliphatic rings. The molecule has 2 amide bonds. The van der Waals surface area contributed by atoms with E-state index in [0.717, 1.165) is 23.7 Å². The molecular formula is C15H17ClN2O3. The summed E-state index contributed by atoms with van der Waals surface area (Å²) < 4.78 is 4.90. The number of benzene rings is 1. The fraction of sp³-hybridized carbons (Fsp3) is 0.333. The Kier molecular flexibility index (Phi) is 4.53. The van der Waals surface area contributed by atoms with Gasteiger partial charge in [-0.2, -0.15) is 0 Å². The van der Waals surface area contributed by atoms with Crippen LogP contribution in [-0.4, -0.2) is 37.0 Å². The molecule has 1 saturated heterocycles. The molecular weight excluding hydrogens is 292 g/mol. The minimum absolute atomic E-state index is 0.125. The number of carbonyl (C=O) groups is 2. The number of cyclic esters (lactones) is 1. The van der Waals surface area contributed by atoms with Crippen LogP contribution in [0, 0.1) is 0 Å². The molecule has 1 fully saturated rings. The Bertz CT molecular complexity index is 591. The fourth-order valence-electron chi connectivity index (χ4n) is 2.11. The van der Waals surface area contributed by atoms with E-state index in [9.17, 15) is 9.59 Å². The van der Waals surface area contributed by atoms with Gasteiger partial charge < -0.3 is 9.64 Å². The Morgan fingerprint density at radius 2 is 1.76 bits per heavy atom. The third-order valence-corrected chi connectivity index (χ3v) is 3.80. The van der Waals surface area contributed by atoms with Crippen LogP contribution in [-0.2, 0) is 9.53 Å². The van der Waals surface area contributed by atoms with Crippen molar-refractivity contribution in [2.45, 2.75) is 13.8 Å². The molecule has 21 heavy (non-hydrogen) atoms. The molecule has 5 nitrogen and oxygen atoms in total. The van der Waals surface area contributed by atoms with Crippen molar-refractivity contribution in [3.63, 3.8) is 0 Å². The van der Waals surface area contributed by atoms with Crippen molar-refractivity contribution in [1.82, 2.24) is 4.90 Å². The maximum absolute atomic E-state index is 11.8. The zero-order valence-electron chi connectivity index (χ0n) is 12.2. The van der Waals surface area contributed by atoms with Crippen molar-refractivity contribution < 1.29 is 14.3 Å². The zero-order chi connectivity index (χ0) is 15.6. The highest BCUT2D eigenvalue weighted by molar-refractivity contribution is 6.51. The number of hydrogen-bond donors (Lipinski definition) is 0. The molecule has 0 spiro atoms. The van der Waals surface area contributed by atoms with Crippen molar-refractivity contribution >= 4 is 34.3 Å². The van der Waals surface area contributed by atoms with E-state index in [-0.39, 0.29) is 10.8 Å². The van der Waals surface area contributed by atoms with Crippen molar-refractivity contribution in [3.05, 3.63) is 35.6 Å². The number of rotatable bonds is 4. The number of nitrogens with zero attached hydrogens (tertiary/aromatic N) is 2. The van der Waals surface area contributed by atoms with Crippen molar-refractivity contribution in [2.75, 3.05) is 25.0 Å². The van der Waals surface area contributed by atoms with Crippen LogP contribution in [0.3, 0.4) is 0 Å². The van der Waals surface area contributed by atoms with E-state index in [0.29, 0.717) is 5.56 Å². The Morgan fingerprint density at radius 3 is 2.19 bits per heavy atom. The molecule has 1 heterocycles. The SMILES string of the molecule is CCN(CC)c1ccc(/C(Cl)=C2/OC(=O)N(C)C2=O)cc1. The Labute approximate surface area is 128 Å². The van der Waals surface area contributed by atoms with Gasteiger partial charge in [0.15, 0.2) is 0 Å². The second-order valence-corrected chi connectivity index (χ2v) is 4.97. The Morgan fingerprint density at radius 1 is 1.19 bits per heavy atom. The molecule has 0 N–H and O–H groups in total. The first-order valence-electron chi connectivity index (χ1n) is 6.74. The number of anilines is 1. The number of amides is 2. The summed E-state index contributed by atoms with van der Waals surface area (Å²) in [4.78, 5) is 26.2. The number of ether oxygens (including phenoxy) is 1. The quantitative estimate of drug-likeness (QED) is 0.802. The molecule has 1 aromatic carbocycles. The first-order valence-corrected chi connectivity index (χ1v) is 7.12. The Hall–Kier alpha value is -2.01. The van der Waals surface area contributed by atoms with Gasteiger partial charge in [0.1, 0.15) is 0 Å². The Balaban J connectivity index is 2.31. The number of halogens is 1. The third kappa shape index (κ3) is 2.88. The predicted molar refractivity (Wildman–Crippen MR) is 82.0 cm³/mol. The van der Waals surface area contributed by atoms with Gasteiger partial charge in [-0.3, -0.25) is 4.79 Å². The molecule has 0 radical (unpaired) electrons. The monoisotopic (exact) mass is 308 g/mol. The van der Waals surface area contributed by atoms with Crippen LogP contribution in [0.25, 0.3) is 5.03 Å². The average molecular weight is 309 g/mol. The molecule has 2 rings (SSSR count). The van der Waals surface area contributed by atoms with Crippen molar-refractivity contribution in [3.8, 4) is 0 Å². The van der Waals surface area contributed by atoms with Crippen LogP contribution in [0.15, 0.2) is 30.0 Å². The van der Waals surface area contributed by atoms with E-state index in [1.54, 1.807) is 0 Å². The van der Waals surface area contributed by atoms with Crippen LogP contribution >= 0.6 is 11.6 Å². The van der Waals surface area contributed by atoms with Gasteiger partial charge in [0.05, 0.1) is 5.03 Å². The smallest absolute Gasteiger partial charge is 0.402 e. The number of carbonyl (C=O) groups excluding carboxylic acids is 2. The topological polar surface area (TPSA) is 49.9 Å². The van der Waals surface area contributed by atoms with Gasteiger partial charge in [0.25, 0.3) is 5.91 Å². The standard InChI is InChI=1S/C15H17ClN2O3/c1-4-18(5-2)11-8-6-10(7-9-11)12(16)13-14(19)17(3)15(20)21-13/h6-9H,4-5H2,1-3H3/b13-12-. The number of imide groups is 1. The largest absolute Gasteiger partial charge is 0.422 e. The molecule has 112 valence electrons. The molecule has 0 aromatic heterocycles. The van der Waals surface area contributed by atoms with E-state index in [2.05, 4.69) is 18.7 Å². The van der Waals surface area contributed by atoms with Crippen LogP contribution in [0.5, 0.6) is 0 Å². The predicted octanol–water partition coefficient (Wildman–Crippen LogP) is 3.05. The molecule has 0 aliphatic carbocycles. The van der Waals surface area contributed by atoms with Gasteiger partial charge in [0.2, 0.25) is 5.76 Å². The minimum Gasteiger partial charge on any atom is -0.402 e.